The predicted molar refractivity (Wildman–Crippen MR) is 139 cm³/mol. The van der Waals surface area contributed by atoms with Gasteiger partial charge in [0, 0.05) is 34.7 Å². The average molecular weight is 536 g/mol. The molecule has 0 bridgehead atoms. The molecule has 38 heavy (non-hydrogen) atoms. The van der Waals surface area contributed by atoms with Gasteiger partial charge in [0.2, 0.25) is 0 Å². The van der Waals surface area contributed by atoms with Crippen LogP contribution in [-0.4, -0.2) is 48.7 Å². The fraction of sp³-hybridized carbons (Fsp3) is 0.481. The topological polar surface area (TPSA) is 85.5 Å². The minimum Gasteiger partial charge on any atom is -0.493 e. The Balaban J connectivity index is 1.72. The number of nitrogen functional groups attached to an aromatic ring is 1. The van der Waals surface area contributed by atoms with Crippen LogP contribution in [-0.2, 0) is 6.18 Å². The van der Waals surface area contributed by atoms with Crippen molar-refractivity contribution < 1.29 is 27.0 Å². The number of rotatable bonds is 9. The second-order valence-electron chi connectivity index (χ2n) is 10.3. The molecule has 0 amide bonds. The molecule has 0 unspecified atom stereocenters. The molecule has 7 nitrogen and oxygen atoms in total. The third kappa shape index (κ3) is 5.57. The molecule has 3 aromatic rings. The van der Waals surface area contributed by atoms with E-state index < -0.39 is 23.6 Å². The van der Waals surface area contributed by atoms with Crippen molar-refractivity contribution in [2.45, 2.75) is 51.9 Å². The number of fused-ring (bicyclic) bond motifs is 1. The van der Waals surface area contributed by atoms with Crippen molar-refractivity contribution in [1.82, 2.24) is 14.9 Å². The summed E-state index contributed by atoms with van der Waals surface area (Å²) >= 11 is 0. The number of hydrogen-bond acceptors (Lipinski definition) is 7. The first-order valence-corrected chi connectivity index (χ1v) is 12.3. The molecule has 1 fully saturated rings. The van der Waals surface area contributed by atoms with Gasteiger partial charge in [-0.3, -0.25) is 0 Å². The highest BCUT2D eigenvalue weighted by Crippen LogP contribution is 2.51. The molecular weight excluding hydrogens is 502 g/mol. The summed E-state index contributed by atoms with van der Waals surface area (Å²) in [5.41, 5.74) is 4.45. The second-order valence-corrected chi connectivity index (χ2v) is 10.3. The number of ether oxygens (including phenoxy) is 2. The molecule has 206 valence electrons. The van der Waals surface area contributed by atoms with Gasteiger partial charge in [-0.1, -0.05) is 0 Å². The number of aromatic nitrogens is 2. The largest absolute Gasteiger partial charge is 0.493 e. The van der Waals surface area contributed by atoms with Crippen LogP contribution < -0.4 is 20.5 Å². The Kier molecular flexibility index (Phi) is 7.35. The van der Waals surface area contributed by atoms with E-state index >= 15 is 0 Å². The molecule has 1 aromatic heterocycles. The van der Waals surface area contributed by atoms with E-state index in [1.165, 1.54) is 6.07 Å². The third-order valence-corrected chi connectivity index (χ3v) is 7.03. The summed E-state index contributed by atoms with van der Waals surface area (Å²) in [4.78, 5) is 11.1. The van der Waals surface area contributed by atoms with E-state index in [4.69, 9.17) is 15.2 Å². The summed E-state index contributed by atoms with van der Waals surface area (Å²) < 4.78 is 67.0. The third-order valence-electron chi connectivity index (χ3n) is 7.03. The molecule has 1 aliphatic carbocycles. The zero-order chi connectivity index (χ0) is 28.0. The van der Waals surface area contributed by atoms with Crippen molar-refractivity contribution >= 4 is 22.4 Å². The molecule has 0 spiro atoms. The van der Waals surface area contributed by atoms with Gasteiger partial charge in [0.05, 0.1) is 24.2 Å². The molecule has 2 aromatic carbocycles. The molecule has 1 heterocycles. The Labute approximate surface area is 219 Å². The van der Waals surface area contributed by atoms with Crippen molar-refractivity contribution in [3.63, 3.8) is 0 Å². The first-order chi connectivity index (χ1) is 17.7. The predicted octanol–water partition coefficient (Wildman–Crippen LogP) is 5.97. The number of nitrogens with zero attached hydrogens (tertiary/aromatic N) is 3. The SMILES string of the molecule is COc1cc2nc(C)nc(N[C@H](C)c3cc(N)cc(C(F)(F)F)c3F)c2cc1O[C@H](C)C1(CN(C)C)CC1. The molecule has 11 heteroatoms. The number of alkyl halides is 3. The van der Waals surface area contributed by atoms with Gasteiger partial charge in [-0.05, 0) is 65.9 Å². The van der Waals surface area contributed by atoms with Crippen LogP contribution >= 0.6 is 0 Å². The molecule has 1 aliphatic rings. The van der Waals surface area contributed by atoms with Crippen molar-refractivity contribution in [2.75, 3.05) is 38.8 Å². The van der Waals surface area contributed by atoms with Crippen molar-refractivity contribution in [2.24, 2.45) is 5.41 Å². The Morgan fingerprint density at radius 1 is 1.11 bits per heavy atom. The lowest BCUT2D eigenvalue weighted by Crippen LogP contribution is -2.34. The number of benzene rings is 2. The van der Waals surface area contributed by atoms with Crippen LogP contribution in [0.25, 0.3) is 10.9 Å². The Bertz CT molecular complexity index is 1340. The maximum absolute atomic E-state index is 14.9. The van der Waals surface area contributed by atoms with Gasteiger partial charge in [0.15, 0.2) is 11.5 Å². The summed E-state index contributed by atoms with van der Waals surface area (Å²) in [6.07, 6.45) is -2.86. The van der Waals surface area contributed by atoms with Gasteiger partial charge in [-0.25, -0.2) is 14.4 Å². The molecule has 4 rings (SSSR count). The number of anilines is 2. The summed E-state index contributed by atoms with van der Waals surface area (Å²) in [5, 5.41) is 3.62. The molecule has 2 atom stereocenters. The molecule has 0 aliphatic heterocycles. The maximum atomic E-state index is 14.9. The normalized spacial score (nSPS) is 16.4. The van der Waals surface area contributed by atoms with Crippen LogP contribution in [0.4, 0.5) is 29.1 Å². The van der Waals surface area contributed by atoms with Crippen LogP contribution in [0.2, 0.25) is 0 Å². The van der Waals surface area contributed by atoms with E-state index in [0.717, 1.165) is 19.4 Å². The van der Waals surface area contributed by atoms with Gasteiger partial charge in [-0.2, -0.15) is 13.2 Å². The molecule has 0 saturated heterocycles. The molecule has 1 saturated carbocycles. The number of nitrogens with one attached hydrogen (secondary N) is 1. The maximum Gasteiger partial charge on any atom is 0.419 e. The van der Waals surface area contributed by atoms with E-state index in [9.17, 15) is 17.6 Å². The van der Waals surface area contributed by atoms with Crippen LogP contribution in [0.3, 0.4) is 0 Å². The number of hydrogen-bond donors (Lipinski definition) is 2. The van der Waals surface area contributed by atoms with Crippen molar-refractivity contribution in [3.8, 4) is 11.5 Å². The van der Waals surface area contributed by atoms with Gasteiger partial charge in [0.25, 0.3) is 0 Å². The van der Waals surface area contributed by atoms with E-state index in [-0.39, 0.29) is 22.8 Å². The Morgan fingerprint density at radius 2 is 1.79 bits per heavy atom. The highest BCUT2D eigenvalue weighted by molar-refractivity contribution is 5.92. The second kappa shape index (κ2) is 10.1. The van der Waals surface area contributed by atoms with Crippen LogP contribution in [0.15, 0.2) is 24.3 Å². The number of halogens is 4. The Hall–Kier alpha value is -3.34. The van der Waals surface area contributed by atoms with Crippen LogP contribution in [0.5, 0.6) is 11.5 Å². The van der Waals surface area contributed by atoms with E-state index in [0.29, 0.717) is 40.1 Å². The molecular formula is C27H33F4N5O2. The van der Waals surface area contributed by atoms with Crippen molar-refractivity contribution in [3.05, 3.63) is 47.0 Å². The van der Waals surface area contributed by atoms with Gasteiger partial charge < -0.3 is 25.4 Å². The van der Waals surface area contributed by atoms with Crippen LogP contribution in [0, 0.1) is 18.2 Å². The lowest BCUT2D eigenvalue weighted by atomic mass is 10.00. The zero-order valence-electron chi connectivity index (χ0n) is 22.3. The molecule has 0 radical (unpaired) electrons. The fourth-order valence-corrected chi connectivity index (χ4v) is 4.89. The van der Waals surface area contributed by atoms with Gasteiger partial charge in [-0.15, -0.1) is 0 Å². The zero-order valence-corrected chi connectivity index (χ0v) is 22.3. The van der Waals surface area contributed by atoms with E-state index in [2.05, 4.69) is 20.2 Å². The monoisotopic (exact) mass is 535 g/mol. The Morgan fingerprint density at radius 3 is 2.37 bits per heavy atom. The fourth-order valence-electron chi connectivity index (χ4n) is 4.89. The summed E-state index contributed by atoms with van der Waals surface area (Å²) in [5.74, 6) is 0.360. The lowest BCUT2D eigenvalue weighted by molar-refractivity contribution is -0.140. The quantitative estimate of drug-likeness (QED) is 0.258. The van der Waals surface area contributed by atoms with Crippen molar-refractivity contribution in [1.29, 1.82) is 0 Å². The smallest absolute Gasteiger partial charge is 0.419 e. The number of nitrogens with two attached hydrogens (primary N) is 1. The first kappa shape index (κ1) is 27.7. The van der Waals surface area contributed by atoms with Gasteiger partial charge in [0.1, 0.15) is 23.6 Å². The number of aryl methyl sites for hydroxylation is 1. The van der Waals surface area contributed by atoms with E-state index in [1.807, 2.05) is 21.0 Å². The highest BCUT2D eigenvalue weighted by atomic mass is 19.4. The summed E-state index contributed by atoms with van der Waals surface area (Å²) in [7, 11) is 5.60. The molecule has 3 N–H and O–H groups in total. The lowest BCUT2D eigenvalue weighted by Gasteiger charge is -2.28. The summed E-state index contributed by atoms with van der Waals surface area (Å²) in [6, 6.07) is 4.38. The number of methoxy groups -OCH3 is 1. The summed E-state index contributed by atoms with van der Waals surface area (Å²) in [6.45, 7) is 6.16. The average Bonchev–Trinajstić information content (AvgIpc) is 3.59. The highest BCUT2D eigenvalue weighted by Gasteiger charge is 2.49. The van der Waals surface area contributed by atoms with Gasteiger partial charge >= 0.3 is 6.18 Å². The minimum absolute atomic E-state index is 0.0454. The van der Waals surface area contributed by atoms with Crippen LogP contribution in [0.1, 0.15) is 49.7 Å². The van der Waals surface area contributed by atoms with E-state index in [1.54, 1.807) is 33.1 Å². The minimum atomic E-state index is -4.88. The standard InChI is InChI=1S/C27H33F4N5O2/c1-14(18-9-17(32)10-20(24(18)28)27(29,30)31)33-25-19-11-23(22(37-6)12-21(19)34-16(3)35-25)38-15(2)26(7-8-26)13-36(4)5/h9-12,14-15H,7-8,13,32H2,1-6H3,(H,33,34,35)/t14-,15-/m1/s1. The first-order valence-electron chi connectivity index (χ1n) is 12.3.